The molecular weight excluding hydrogens is 258 g/mol. The fourth-order valence-corrected chi connectivity index (χ4v) is 2.34. The van der Waals surface area contributed by atoms with Crippen LogP contribution in [-0.2, 0) is 4.74 Å². The Morgan fingerprint density at radius 3 is 2.75 bits per heavy atom. The second-order valence-electron chi connectivity index (χ2n) is 4.96. The number of nitrogens with one attached hydrogen (secondary N) is 1. The first-order valence-corrected chi connectivity index (χ1v) is 6.99. The number of rotatable bonds is 5. The monoisotopic (exact) mass is 281 g/mol. The first-order valence-electron chi connectivity index (χ1n) is 6.99. The van der Waals surface area contributed by atoms with E-state index in [1.54, 1.807) is 14.2 Å². The molecule has 1 N–H and O–H groups in total. The Balaban J connectivity index is 2.20. The summed E-state index contributed by atoms with van der Waals surface area (Å²) in [5.74, 6) is 1.73. The highest BCUT2D eigenvalue weighted by molar-refractivity contribution is 5.39. The summed E-state index contributed by atoms with van der Waals surface area (Å²) in [4.78, 5) is 15.1. The zero-order chi connectivity index (χ0) is 14.5. The van der Waals surface area contributed by atoms with Gasteiger partial charge in [0, 0.05) is 26.7 Å². The minimum Gasteiger partial charge on any atom is -0.467 e. The molecule has 2 heterocycles. The molecule has 2 rings (SSSR count). The molecule has 1 fully saturated rings. The fraction of sp³-hybridized carbons (Fsp3) is 0.769. The van der Waals surface area contributed by atoms with Crippen LogP contribution in [0, 0.1) is 5.92 Å². The van der Waals surface area contributed by atoms with Crippen LogP contribution < -0.4 is 15.0 Å². The fourth-order valence-electron chi connectivity index (χ4n) is 2.34. The number of aromatic nitrogens is 3. The molecule has 0 radical (unpaired) electrons. The van der Waals surface area contributed by atoms with Gasteiger partial charge in [0.25, 0.3) is 0 Å². The topological polar surface area (TPSA) is 72.4 Å². The number of methoxy groups -OCH3 is 2. The molecule has 7 nitrogen and oxygen atoms in total. The van der Waals surface area contributed by atoms with E-state index >= 15 is 0 Å². The van der Waals surface area contributed by atoms with E-state index < -0.39 is 0 Å². The van der Waals surface area contributed by atoms with Gasteiger partial charge in [-0.15, -0.1) is 0 Å². The predicted octanol–water partition coefficient (Wildman–Crippen LogP) is 1.17. The lowest BCUT2D eigenvalue weighted by Crippen LogP contribution is -2.44. The van der Waals surface area contributed by atoms with Crippen LogP contribution in [0.4, 0.5) is 11.9 Å². The highest BCUT2D eigenvalue weighted by Gasteiger charge is 2.28. The van der Waals surface area contributed by atoms with Crippen LogP contribution in [0.3, 0.4) is 0 Å². The Morgan fingerprint density at radius 1 is 1.30 bits per heavy atom. The number of anilines is 2. The summed E-state index contributed by atoms with van der Waals surface area (Å²) in [5, 5.41) is 3.10. The van der Waals surface area contributed by atoms with E-state index in [0.717, 1.165) is 26.1 Å². The van der Waals surface area contributed by atoms with Crippen LogP contribution in [0.15, 0.2) is 0 Å². The molecule has 1 aliphatic rings. The molecule has 0 aromatic carbocycles. The lowest BCUT2D eigenvalue weighted by Gasteiger charge is -2.36. The SMILES string of the molecule is CCNc1nc(OC)nc(N2CCC(C)C(OC)C2)n1. The zero-order valence-corrected chi connectivity index (χ0v) is 12.6. The van der Waals surface area contributed by atoms with E-state index in [1.807, 2.05) is 6.92 Å². The summed E-state index contributed by atoms with van der Waals surface area (Å²) < 4.78 is 10.7. The molecule has 0 amide bonds. The Labute approximate surface area is 119 Å². The second-order valence-corrected chi connectivity index (χ2v) is 4.96. The average molecular weight is 281 g/mol. The van der Waals surface area contributed by atoms with Crippen molar-refractivity contribution in [3.63, 3.8) is 0 Å². The number of ether oxygens (including phenoxy) is 2. The predicted molar refractivity (Wildman–Crippen MR) is 77.3 cm³/mol. The molecule has 2 unspecified atom stereocenters. The van der Waals surface area contributed by atoms with E-state index in [0.29, 0.717) is 23.8 Å². The summed E-state index contributed by atoms with van der Waals surface area (Å²) in [6, 6.07) is 0.332. The maximum atomic E-state index is 5.53. The molecule has 7 heteroatoms. The minimum atomic E-state index is 0.203. The van der Waals surface area contributed by atoms with Crippen LogP contribution in [0.2, 0.25) is 0 Å². The Hall–Kier alpha value is -1.63. The van der Waals surface area contributed by atoms with E-state index in [9.17, 15) is 0 Å². The molecule has 2 atom stereocenters. The smallest absolute Gasteiger partial charge is 0.322 e. The number of hydrogen-bond acceptors (Lipinski definition) is 7. The van der Waals surface area contributed by atoms with Gasteiger partial charge in [-0.05, 0) is 19.3 Å². The molecule has 1 aromatic heterocycles. The molecule has 1 aliphatic heterocycles. The van der Waals surface area contributed by atoms with Gasteiger partial charge in [-0.1, -0.05) is 6.92 Å². The van der Waals surface area contributed by atoms with Crippen molar-refractivity contribution in [2.45, 2.75) is 26.4 Å². The van der Waals surface area contributed by atoms with E-state index in [1.165, 1.54) is 0 Å². The van der Waals surface area contributed by atoms with Crippen molar-refractivity contribution in [3.8, 4) is 6.01 Å². The van der Waals surface area contributed by atoms with Crippen LogP contribution in [0.1, 0.15) is 20.3 Å². The van der Waals surface area contributed by atoms with Gasteiger partial charge in [-0.3, -0.25) is 0 Å². The van der Waals surface area contributed by atoms with Crippen LogP contribution >= 0.6 is 0 Å². The van der Waals surface area contributed by atoms with Gasteiger partial charge in [-0.2, -0.15) is 15.0 Å². The summed E-state index contributed by atoms with van der Waals surface area (Å²) >= 11 is 0. The molecule has 0 saturated carbocycles. The summed E-state index contributed by atoms with van der Waals surface area (Å²) in [7, 11) is 3.31. The van der Waals surface area contributed by atoms with Crippen LogP contribution in [0.5, 0.6) is 6.01 Å². The van der Waals surface area contributed by atoms with Crippen molar-refractivity contribution in [2.75, 3.05) is 44.1 Å². The van der Waals surface area contributed by atoms with Gasteiger partial charge in [0.05, 0.1) is 13.2 Å². The quantitative estimate of drug-likeness (QED) is 0.868. The second kappa shape index (κ2) is 6.69. The van der Waals surface area contributed by atoms with E-state index in [2.05, 4.69) is 32.1 Å². The molecular formula is C13H23N5O2. The molecule has 112 valence electrons. The lowest BCUT2D eigenvalue weighted by molar-refractivity contribution is 0.0494. The Bertz CT molecular complexity index is 443. The van der Waals surface area contributed by atoms with Gasteiger partial charge < -0.3 is 19.7 Å². The zero-order valence-electron chi connectivity index (χ0n) is 12.6. The van der Waals surface area contributed by atoms with Crippen molar-refractivity contribution < 1.29 is 9.47 Å². The average Bonchev–Trinajstić information content (AvgIpc) is 2.47. The van der Waals surface area contributed by atoms with Crippen molar-refractivity contribution in [1.82, 2.24) is 15.0 Å². The van der Waals surface area contributed by atoms with Gasteiger partial charge in [0.2, 0.25) is 11.9 Å². The van der Waals surface area contributed by atoms with Crippen molar-refractivity contribution in [1.29, 1.82) is 0 Å². The molecule has 1 aromatic rings. The maximum absolute atomic E-state index is 5.53. The summed E-state index contributed by atoms with van der Waals surface area (Å²) in [5.41, 5.74) is 0. The standard InChI is InChI=1S/C13H23N5O2/c1-5-14-11-15-12(17-13(16-11)20-4)18-7-6-9(2)10(8-18)19-3/h9-10H,5-8H2,1-4H3,(H,14,15,16,17). The molecule has 20 heavy (non-hydrogen) atoms. The largest absolute Gasteiger partial charge is 0.467 e. The highest BCUT2D eigenvalue weighted by atomic mass is 16.5. The van der Waals surface area contributed by atoms with Crippen molar-refractivity contribution >= 4 is 11.9 Å². The van der Waals surface area contributed by atoms with Gasteiger partial charge >= 0.3 is 6.01 Å². The third kappa shape index (κ3) is 3.27. The Morgan fingerprint density at radius 2 is 2.10 bits per heavy atom. The van der Waals surface area contributed by atoms with Gasteiger partial charge in [0.1, 0.15) is 0 Å². The lowest BCUT2D eigenvalue weighted by atomic mass is 9.96. The van der Waals surface area contributed by atoms with E-state index in [-0.39, 0.29) is 6.10 Å². The summed E-state index contributed by atoms with van der Waals surface area (Å²) in [6.07, 6.45) is 1.26. The molecule has 0 spiro atoms. The van der Waals surface area contributed by atoms with Crippen molar-refractivity contribution in [2.24, 2.45) is 5.92 Å². The maximum Gasteiger partial charge on any atom is 0.322 e. The number of hydrogen-bond donors (Lipinski definition) is 1. The Kier molecular flexibility index (Phi) is 4.94. The first kappa shape index (κ1) is 14.8. The third-order valence-electron chi connectivity index (χ3n) is 3.60. The van der Waals surface area contributed by atoms with E-state index in [4.69, 9.17) is 9.47 Å². The van der Waals surface area contributed by atoms with Gasteiger partial charge in [-0.25, -0.2) is 0 Å². The van der Waals surface area contributed by atoms with Gasteiger partial charge in [0.15, 0.2) is 0 Å². The van der Waals surface area contributed by atoms with Crippen LogP contribution in [0.25, 0.3) is 0 Å². The summed E-state index contributed by atoms with van der Waals surface area (Å²) in [6.45, 7) is 6.67. The number of piperidine rings is 1. The first-order chi connectivity index (χ1) is 9.67. The van der Waals surface area contributed by atoms with Crippen LogP contribution in [-0.4, -0.2) is 54.9 Å². The normalized spacial score (nSPS) is 22.7. The third-order valence-corrected chi connectivity index (χ3v) is 3.60. The molecule has 1 saturated heterocycles. The highest BCUT2D eigenvalue weighted by Crippen LogP contribution is 2.24. The molecule has 0 aliphatic carbocycles. The number of nitrogens with zero attached hydrogens (tertiary/aromatic N) is 4. The van der Waals surface area contributed by atoms with Crippen molar-refractivity contribution in [3.05, 3.63) is 0 Å². The molecule has 0 bridgehead atoms. The minimum absolute atomic E-state index is 0.203.